The number of alkyl halides is 1. The minimum atomic E-state index is -0.469. The third-order valence-electron chi connectivity index (χ3n) is 3.38. The van der Waals surface area contributed by atoms with Crippen LogP contribution >= 0.6 is 11.6 Å². The number of rotatable bonds is 2. The van der Waals surface area contributed by atoms with Gasteiger partial charge in [0.2, 0.25) is 0 Å². The Balaban J connectivity index is 2.36. The van der Waals surface area contributed by atoms with Gasteiger partial charge in [0.05, 0.1) is 34.2 Å². The van der Waals surface area contributed by atoms with E-state index in [9.17, 15) is 4.39 Å². The maximum Gasteiger partial charge on any atom is 0.148 e. The molecule has 1 heterocycles. The second-order valence-corrected chi connectivity index (χ2v) is 4.98. The third kappa shape index (κ3) is 2.16. The maximum absolute atomic E-state index is 14.3. The van der Waals surface area contributed by atoms with E-state index in [2.05, 4.69) is 4.98 Å². The Morgan fingerprint density at radius 3 is 2.81 bits per heavy atom. The van der Waals surface area contributed by atoms with Crippen LogP contribution in [0.5, 0.6) is 0 Å². The van der Waals surface area contributed by atoms with Gasteiger partial charge in [-0.25, -0.2) is 9.37 Å². The predicted molar refractivity (Wildman–Crippen MR) is 80.0 cm³/mol. The molecule has 0 atom stereocenters. The van der Waals surface area contributed by atoms with Crippen LogP contribution in [-0.2, 0) is 5.88 Å². The van der Waals surface area contributed by atoms with E-state index in [1.165, 1.54) is 6.07 Å². The number of nitrogens with zero attached hydrogens (tertiary/aromatic N) is 3. The fourth-order valence-corrected chi connectivity index (χ4v) is 2.63. The molecule has 0 fully saturated rings. The summed E-state index contributed by atoms with van der Waals surface area (Å²) in [6, 6.07) is 12.0. The van der Waals surface area contributed by atoms with Crippen molar-refractivity contribution in [2.45, 2.75) is 12.8 Å². The summed E-state index contributed by atoms with van der Waals surface area (Å²) in [5.74, 6) is 0.278. The molecule has 3 rings (SSSR count). The fourth-order valence-electron chi connectivity index (χ4n) is 2.45. The molecule has 0 aliphatic heterocycles. The van der Waals surface area contributed by atoms with Crippen molar-refractivity contribution in [2.75, 3.05) is 0 Å². The second kappa shape index (κ2) is 5.19. The lowest BCUT2D eigenvalue weighted by molar-refractivity contribution is 0.617. The highest BCUT2D eigenvalue weighted by atomic mass is 35.5. The van der Waals surface area contributed by atoms with Gasteiger partial charge < -0.3 is 0 Å². The normalized spacial score (nSPS) is 10.8. The molecule has 0 spiro atoms. The van der Waals surface area contributed by atoms with Gasteiger partial charge in [-0.2, -0.15) is 5.26 Å². The highest BCUT2D eigenvalue weighted by molar-refractivity contribution is 6.17. The molecule has 0 aliphatic rings. The van der Waals surface area contributed by atoms with E-state index in [4.69, 9.17) is 16.9 Å². The molecule has 2 aromatic carbocycles. The van der Waals surface area contributed by atoms with Gasteiger partial charge in [-0.3, -0.25) is 4.57 Å². The zero-order chi connectivity index (χ0) is 15.0. The molecule has 3 aromatic rings. The third-order valence-corrected chi connectivity index (χ3v) is 3.62. The summed E-state index contributed by atoms with van der Waals surface area (Å²) < 4.78 is 16.0. The van der Waals surface area contributed by atoms with Crippen molar-refractivity contribution < 1.29 is 4.39 Å². The Labute approximate surface area is 126 Å². The number of fused-ring (bicyclic) bond motifs is 1. The lowest BCUT2D eigenvalue weighted by Crippen LogP contribution is -2.03. The Bertz CT molecular complexity index is 877. The number of hydrogen-bond donors (Lipinski definition) is 0. The summed E-state index contributed by atoms with van der Waals surface area (Å²) in [5, 5.41) is 8.84. The Morgan fingerprint density at radius 2 is 2.14 bits per heavy atom. The smallest absolute Gasteiger partial charge is 0.148 e. The Kier molecular flexibility index (Phi) is 3.36. The van der Waals surface area contributed by atoms with E-state index in [1.54, 1.807) is 16.7 Å². The molecule has 0 unspecified atom stereocenters. The first-order chi connectivity index (χ1) is 10.2. The number of halogens is 2. The van der Waals surface area contributed by atoms with Gasteiger partial charge in [0.25, 0.3) is 0 Å². The van der Waals surface area contributed by atoms with E-state index in [-0.39, 0.29) is 11.4 Å². The number of hydrogen-bond acceptors (Lipinski definition) is 2. The average Bonchev–Trinajstić information content (AvgIpc) is 2.87. The topological polar surface area (TPSA) is 41.6 Å². The van der Waals surface area contributed by atoms with Crippen molar-refractivity contribution in [3.05, 3.63) is 59.2 Å². The summed E-state index contributed by atoms with van der Waals surface area (Å²) in [5.41, 5.74) is 3.22. The van der Waals surface area contributed by atoms with Crippen molar-refractivity contribution in [2.24, 2.45) is 0 Å². The summed E-state index contributed by atoms with van der Waals surface area (Å²) in [6.45, 7) is 1.94. The van der Waals surface area contributed by atoms with Gasteiger partial charge in [-0.15, -0.1) is 11.6 Å². The van der Waals surface area contributed by atoms with Gasteiger partial charge >= 0.3 is 0 Å². The van der Waals surface area contributed by atoms with Crippen LogP contribution in [0.2, 0.25) is 0 Å². The van der Waals surface area contributed by atoms with E-state index in [0.717, 1.165) is 16.6 Å². The highest BCUT2D eigenvalue weighted by Gasteiger charge is 2.16. The summed E-state index contributed by atoms with van der Waals surface area (Å²) in [4.78, 5) is 4.45. The van der Waals surface area contributed by atoms with Gasteiger partial charge in [-0.1, -0.05) is 12.1 Å². The number of aromatic nitrogens is 2. The molecule has 0 bridgehead atoms. The van der Waals surface area contributed by atoms with Gasteiger partial charge in [0, 0.05) is 0 Å². The van der Waals surface area contributed by atoms with E-state index in [0.29, 0.717) is 11.5 Å². The largest absolute Gasteiger partial charge is 0.292 e. The Hall–Kier alpha value is -2.38. The standard InChI is InChI=1S/C16H11ClFN3/c1-10-3-2-4-13-16(10)21(15(8-17)20-13)14-6-5-11(9-19)7-12(14)18/h2-7H,8H2,1H3. The molecule has 0 amide bonds. The van der Waals surface area contributed by atoms with Crippen molar-refractivity contribution in [1.82, 2.24) is 9.55 Å². The first-order valence-corrected chi connectivity index (χ1v) is 6.92. The summed E-state index contributed by atoms with van der Waals surface area (Å²) in [7, 11) is 0. The second-order valence-electron chi connectivity index (χ2n) is 4.72. The number of para-hydroxylation sites is 1. The van der Waals surface area contributed by atoms with E-state index >= 15 is 0 Å². The SMILES string of the molecule is Cc1cccc2nc(CCl)n(-c3ccc(C#N)cc3F)c12. The lowest BCUT2D eigenvalue weighted by Gasteiger charge is -2.10. The van der Waals surface area contributed by atoms with Gasteiger partial charge in [-0.05, 0) is 36.8 Å². The van der Waals surface area contributed by atoms with E-state index in [1.807, 2.05) is 31.2 Å². The lowest BCUT2D eigenvalue weighted by atomic mass is 10.1. The minimum absolute atomic E-state index is 0.174. The first-order valence-electron chi connectivity index (χ1n) is 6.38. The molecule has 5 heteroatoms. The van der Waals surface area contributed by atoms with E-state index < -0.39 is 5.82 Å². The van der Waals surface area contributed by atoms with Crippen LogP contribution in [0.15, 0.2) is 36.4 Å². The number of aryl methyl sites for hydroxylation is 1. The van der Waals surface area contributed by atoms with Crippen molar-refractivity contribution in [3.63, 3.8) is 0 Å². The monoisotopic (exact) mass is 299 g/mol. The zero-order valence-corrected chi connectivity index (χ0v) is 12.0. The first kappa shape index (κ1) is 13.6. The van der Waals surface area contributed by atoms with Crippen LogP contribution in [0.4, 0.5) is 4.39 Å². The van der Waals surface area contributed by atoms with Crippen LogP contribution in [0.25, 0.3) is 16.7 Å². The number of benzene rings is 2. The van der Waals surface area contributed by atoms with Crippen LogP contribution in [0.3, 0.4) is 0 Å². The molecule has 0 saturated heterocycles. The molecule has 0 N–H and O–H groups in total. The quantitative estimate of drug-likeness (QED) is 0.669. The summed E-state index contributed by atoms with van der Waals surface area (Å²) >= 11 is 5.96. The molecule has 21 heavy (non-hydrogen) atoms. The molecule has 1 aromatic heterocycles. The predicted octanol–water partition coefficient (Wildman–Crippen LogP) is 4.08. The van der Waals surface area contributed by atoms with Crippen LogP contribution in [0.1, 0.15) is 17.0 Å². The van der Waals surface area contributed by atoms with Crippen molar-refractivity contribution in [3.8, 4) is 11.8 Å². The molecular formula is C16H11ClFN3. The maximum atomic E-state index is 14.3. The zero-order valence-electron chi connectivity index (χ0n) is 11.3. The molecule has 3 nitrogen and oxygen atoms in total. The van der Waals surface area contributed by atoms with Crippen molar-refractivity contribution in [1.29, 1.82) is 5.26 Å². The van der Waals surface area contributed by atoms with Crippen LogP contribution in [0, 0.1) is 24.1 Å². The van der Waals surface area contributed by atoms with Crippen molar-refractivity contribution >= 4 is 22.6 Å². The van der Waals surface area contributed by atoms with Gasteiger partial charge in [0.1, 0.15) is 11.6 Å². The van der Waals surface area contributed by atoms with Crippen LogP contribution in [-0.4, -0.2) is 9.55 Å². The average molecular weight is 300 g/mol. The molecule has 0 radical (unpaired) electrons. The molecule has 0 aliphatic carbocycles. The molecule has 104 valence electrons. The number of imidazole rings is 1. The Morgan fingerprint density at radius 1 is 1.33 bits per heavy atom. The minimum Gasteiger partial charge on any atom is -0.292 e. The summed E-state index contributed by atoms with van der Waals surface area (Å²) in [6.07, 6.45) is 0. The van der Waals surface area contributed by atoms with Gasteiger partial charge in [0.15, 0.2) is 0 Å². The molecular weight excluding hydrogens is 289 g/mol. The number of nitriles is 1. The highest BCUT2D eigenvalue weighted by Crippen LogP contribution is 2.27. The molecule has 0 saturated carbocycles. The fraction of sp³-hybridized carbons (Fsp3) is 0.125. The van der Waals surface area contributed by atoms with Crippen LogP contribution < -0.4 is 0 Å².